The van der Waals surface area contributed by atoms with Crippen LogP contribution in [0.1, 0.15) is 5.56 Å². The van der Waals surface area contributed by atoms with Gasteiger partial charge in [-0.2, -0.15) is 5.26 Å². The van der Waals surface area contributed by atoms with Crippen molar-refractivity contribution in [3.8, 4) is 11.8 Å². The van der Waals surface area contributed by atoms with Crippen LogP contribution in [0.25, 0.3) is 38.3 Å². The van der Waals surface area contributed by atoms with E-state index in [-0.39, 0.29) is 0 Å². The van der Waals surface area contributed by atoms with Crippen LogP contribution in [-0.4, -0.2) is 4.57 Å². The van der Waals surface area contributed by atoms with Crippen molar-refractivity contribution in [2.24, 2.45) is 0 Å². The van der Waals surface area contributed by atoms with Crippen LogP contribution in [0, 0.1) is 11.3 Å². The first-order valence-electron chi connectivity index (χ1n) is 8.29. The molecule has 0 radical (unpaired) electrons. The minimum atomic E-state index is 0.708. The van der Waals surface area contributed by atoms with E-state index in [9.17, 15) is 5.26 Å². The second-order valence-corrected chi connectivity index (χ2v) is 6.16. The van der Waals surface area contributed by atoms with Gasteiger partial charge in [-0.15, -0.1) is 0 Å². The summed E-state index contributed by atoms with van der Waals surface area (Å²) < 4.78 is 2.30. The Morgan fingerprint density at radius 3 is 1.80 bits per heavy atom. The molecule has 5 aromatic rings. The lowest BCUT2D eigenvalue weighted by Gasteiger charge is -2.12. The van der Waals surface area contributed by atoms with Crippen LogP contribution >= 0.6 is 0 Å². The summed E-state index contributed by atoms with van der Waals surface area (Å²) in [7, 11) is 0. The first kappa shape index (κ1) is 13.8. The Labute approximate surface area is 145 Å². The highest BCUT2D eigenvalue weighted by atomic mass is 15.0. The number of para-hydroxylation sites is 2. The molecule has 0 spiro atoms. The van der Waals surface area contributed by atoms with Gasteiger partial charge >= 0.3 is 0 Å². The zero-order valence-electron chi connectivity index (χ0n) is 13.5. The van der Waals surface area contributed by atoms with Crippen molar-refractivity contribution in [1.82, 2.24) is 4.57 Å². The van der Waals surface area contributed by atoms with Gasteiger partial charge in [0.15, 0.2) is 0 Å². The van der Waals surface area contributed by atoms with Crippen molar-refractivity contribution >= 4 is 32.6 Å². The molecule has 1 aromatic heterocycles. The van der Waals surface area contributed by atoms with E-state index in [2.05, 4.69) is 71.3 Å². The highest BCUT2D eigenvalue weighted by molar-refractivity contribution is 6.10. The topological polar surface area (TPSA) is 28.7 Å². The summed E-state index contributed by atoms with van der Waals surface area (Å²) in [5.41, 5.74) is 4.17. The molecule has 2 nitrogen and oxygen atoms in total. The van der Waals surface area contributed by atoms with E-state index in [1.165, 1.54) is 21.8 Å². The molecule has 0 aliphatic heterocycles. The highest BCUT2D eigenvalue weighted by Gasteiger charge is 2.13. The average Bonchev–Trinajstić information content (AvgIpc) is 3.01. The molecule has 0 aliphatic rings. The van der Waals surface area contributed by atoms with Crippen LogP contribution in [0.15, 0.2) is 84.9 Å². The number of fused-ring (bicyclic) bond motifs is 4. The third kappa shape index (κ3) is 1.90. The second kappa shape index (κ2) is 5.22. The fraction of sp³-hybridized carbons (Fsp3) is 0. The Morgan fingerprint density at radius 1 is 0.560 bits per heavy atom. The molecule has 0 bridgehead atoms. The molecule has 116 valence electrons. The van der Waals surface area contributed by atoms with E-state index in [1.54, 1.807) is 0 Å². The molecule has 0 aliphatic carbocycles. The van der Waals surface area contributed by atoms with Crippen molar-refractivity contribution in [1.29, 1.82) is 5.26 Å². The molecule has 0 saturated heterocycles. The normalized spacial score (nSPS) is 11.2. The van der Waals surface area contributed by atoms with E-state index in [0.717, 1.165) is 16.5 Å². The van der Waals surface area contributed by atoms with Crippen molar-refractivity contribution < 1.29 is 0 Å². The first-order valence-corrected chi connectivity index (χ1v) is 8.29. The van der Waals surface area contributed by atoms with E-state index in [4.69, 9.17) is 0 Å². The molecule has 4 aromatic carbocycles. The van der Waals surface area contributed by atoms with Crippen molar-refractivity contribution in [2.45, 2.75) is 0 Å². The molecule has 0 amide bonds. The minimum absolute atomic E-state index is 0.708. The third-order valence-electron chi connectivity index (χ3n) is 4.84. The smallest absolute Gasteiger partial charge is 0.0998 e. The van der Waals surface area contributed by atoms with E-state index < -0.39 is 0 Å². The van der Waals surface area contributed by atoms with Gasteiger partial charge in [-0.25, -0.2) is 0 Å². The zero-order valence-corrected chi connectivity index (χ0v) is 13.5. The molecule has 5 rings (SSSR count). The lowest BCUT2D eigenvalue weighted by molar-refractivity contribution is 1.20. The van der Waals surface area contributed by atoms with Gasteiger partial charge in [0.1, 0.15) is 0 Å². The lowest BCUT2D eigenvalue weighted by Crippen LogP contribution is -1.95. The number of benzene rings is 4. The quantitative estimate of drug-likeness (QED) is 0.383. The van der Waals surface area contributed by atoms with Gasteiger partial charge in [0.25, 0.3) is 0 Å². The number of aromatic nitrogens is 1. The first-order chi connectivity index (χ1) is 12.4. The van der Waals surface area contributed by atoms with Crippen molar-refractivity contribution in [3.63, 3.8) is 0 Å². The molecule has 0 unspecified atom stereocenters. The van der Waals surface area contributed by atoms with Crippen molar-refractivity contribution in [3.05, 3.63) is 90.5 Å². The van der Waals surface area contributed by atoms with Crippen LogP contribution in [0.3, 0.4) is 0 Å². The lowest BCUT2D eigenvalue weighted by atomic mass is 10.0. The SMILES string of the molecule is N#Cc1cccc2c(-n3c4ccccc4c4ccccc43)cccc12. The van der Waals surface area contributed by atoms with Crippen molar-refractivity contribution in [2.75, 3.05) is 0 Å². The summed E-state index contributed by atoms with van der Waals surface area (Å²) in [4.78, 5) is 0. The predicted molar refractivity (Wildman–Crippen MR) is 103 cm³/mol. The Hall–Kier alpha value is -3.57. The zero-order chi connectivity index (χ0) is 16.8. The standard InChI is InChI=1S/C23H14N2/c24-15-16-7-5-11-18-17(16)10-6-14-23(18)25-21-12-3-1-8-19(21)20-9-2-4-13-22(20)25/h1-14H. The number of hydrogen-bond donors (Lipinski definition) is 0. The molecule has 0 saturated carbocycles. The highest BCUT2D eigenvalue weighted by Crippen LogP contribution is 2.34. The maximum atomic E-state index is 9.44. The maximum Gasteiger partial charge on any atom is 0.0998 e. The maximum absolute atomic E-state index is 9.44. The summed E-state index contributed by atoms with van der Waals surface area (Å²) in [5.74, 6) is 0. The predicted octanol–water partition coefficient (Wildman–Crippen LogP) is 5.81. The molecule has 0 N–H and O–H groups in total. The summed E-state index contributed by atoms with van der Waals surface area (Å²) >= 11 is 0. The van der Waals surface area contributed by atoms with Crippen LogP contribution in [0.4, 0.5) is 0 Å². The van der Waals surface area contributed by atoms with Gasteiger partial charge in [0, 0.05) is 21.5 Å². The number of nitrogens with zero attached hydrogens (tertiary/aromatic N) is 2. The number of hydrogen-bond acceptors (Lipinski definition) is 1. The van der Waals surface area contributed by atoms with Crippen LogP contribution in [0.2, 0.25) is 0 Å². The number of nitriles is 1. The van der Waals surface area contributed by atoms with E-state index >= 15 is 0 Å². The fourth-order valence-corrected chi connectivity index (χ4v) is 3.77. The molecule has 1 heterocycles. The summed E-state index contributed by atoms with van der Waals surface area (Å²) in [5, 5.41) is 14.0. The molecule has 2 heteroatoms. The minimum Gasteiger partial charge on any atom is -0.309 e. The monoisotopic (exact) mass is 318 g/mol. The van der Waals surface area contributed by atoms with Gasteiger partial charge in [0.05, 0.1) is 28.4 Å². The van der Waals surface area contributed by atoms with Crippen LogP contribution < -0.4 is 0 Å². The third-order valence-corrected chi connectivity index (χ3v) is 4.84. The van der Waals surface area contributed by atoms with Gasteiger partial charge in [-0.05, 0) is 24.3 Å². The number of rotatable bonds is 1. The Balaban J connectivity index is 2.01. The van der Waals surface area contributed by atoms with E-state index in [1.807, 2.05) is 24.3 Å². The van der Waals surface area contributed by atoms with E-state index in [0.29, 0.717) is 5.56 Å². The summed E-state index contributed by atoms with van der Waals surface area (Å²) in [6.07, 6.45) is 0. The second-order valence-electron chi connectivity index (χ2n) is 6.16. The van der Waals surface area contributed by atoms with Crippen LogP contribution in [-0.2, 0) is 0 Å². The summed E-state index contributed by atoms with van der Waals surface area (Å²) in [6.45, 7) is 0. The average molecular weight is 318 g/mol. The Kier molecular flexibility index (Phi) is 2.89. The molecule has 25 heavy (non-hydrogen) atoms. The Bertz CT molecular complexity index is 1250. The largest absolute Gasteiger partial charge is 0.309 e. The molecular formula is C23H14N2. The van der Waals surface area contributed by atoms with Gasteiger partial charge in [0.2, 0.25) is 0 Å². The molecule has 0 fully saturated rings. The summed E-state index contributed by atoms with van der Waals surface area (Å²) in [6, 6.07) is 31.4. The van der Waals surface area contributed by atoms with Gasteiger partial charge < -0.3 is 4.57 Å². The molecule has 0 atom stereocenters. The molecular weight excluding hydrogens is 304 g/mol. The Morgan fingerprint density at radius 2 is 1.12 bits per heavy atom. The van der Waals surface area contributed by atoms with Gasteiger partial charge in [-0.1, -0.05) is 60.7 Å². The van der Waals surface area contributed by atoms with Gasteiger partial charge in [-0.3, -0.25) is 0 Å². The fourth-order valence-electron chi connectivity index (χ4n) is 3.77. The van der Waals surface area contributed by atoms with Crippen LogP contribution in [0.5, 0.6) is 0 Å².